The molecular weight excluding hydrogens is 220 g/mol. The van der Waals surface area contributed by atoms with E-state index < -0.39 is 17.5 Å². The van der Waals surface area contributed by atoms with Crippen LogP contribution in [0.2, 0.25) is 0 Å². The number of ether oxygens (including phenoxy) is 2. The minimum atomic E-state index is -0.910. The molecule has 0 aromatic rings. The minimum absolute atomic E-state index is 0.193. The van der Waals surface area contributed by atoms with Crippen molar-refractivity contribution in [2.75, 3.05) is 0 Å². The molecule has 0 saturated heterocycles. The van der Waals surface area contributed by atoms with E-state index in [0.717, 1.165) is 6.26 Å². The van der Waals surface area contributed by atoms with E-state index in [-0.39, 0.29) is 18.3 Å². The van der Waals surface area contributed by atoms with Crippen molar-refractivity contribution in [2.24, 2.45) is 11.3 Å². The molecule has 98 valence electrons. The second-order valence-electron chi connectivity index (χ2n) is 5.44. The van der Waals surface area contributed by atoms with Crippen LogP contribution in [-0.2, 0) is 19.1 Å². The maximum Gasteiger partial charge on any atom is 0.352 e. The molecule has 0 aliphatic rings. The number of hydrogen-bond donors (Lipinski definition) is 0. The zero-order valence-corrected chi connectivity index (χ0v) is 11.3. The second-order valence-corrected chi connectivity index (χ2v) is 5.44. The van der Waals surface area contributed by atoms with Crippen LogP contribution in [0.4, 0.5) is 0 Å². The topological polar surface area (TPSA) is 52.6 Å². The molecule has 0 bridgehead atoms. The molecule has 0 rings (SSSR count). The molecule has 0 fully saturated rings. The number of hydrogen-bond acceptors (Lipinski definition) is 4. The van der Waals surface area contributed by atoms with Gasteiger partial charge in [0.05, 0.1) is 6.26 Å². The summed E-state index contributed by atoms with van der Waals surface area (Å²) >= 11 is 0. The Morgan fingerprint density at radius 3 is 2.18 bits per heavy atom. The Balaban J connectivity index is 4.67. The van der Waals surface area contributed by atoms with Gasteiger partial charge in [0.2, 0.25) is 6.10 Å². The summed E-state index contributed by atoms with van der Waals surface area (Å²) in [5, 5.41) is 0. The summed E-state index contributed by atoms with van der Waals surface area (Å²) in [5.41, 5.74) is -0.507. The van der Waals surface area contributed by atoms with Crippen molar-refractivity contribution in [3.8, 4) is 0 Å². The Morgan fingerprint density at radius 1 is 1.29 bits per heavy atom. The molecule has 4 heteroatoms. The van der Waals surface area contributed by atoms with Crippen LogP contribution in [0.15, 0.2) is 12.8 Å². The van der Waals surface area contributed by atoms with Crippen molar-refractivity contribution in [3.63, 3.8) is 0 Å². The van der Waals surface area contributed by atoms with E-state index in [1.807, 2.05) is 34.6 Å². The molecule has 0 aromatic heterocycles. The second kappa shape index (κ2) is 6.42. The van der Waals surface area contributed by atoms with Gasteiger partial charge in [-0.05, 0) is 5.92 Å². The van der Waals surface area contributed by atoms with Crippen molar-refractivity contribution in [1.82, 2.24) is 0 Å². The fourth-order valence-corrected chi connectivity index (χ4v) is 1.24. The number of esters is 2. The van der Waals surface area contributed by atoms with Gasteiger partial charge in [-0.15, -0.1) is 0 Å². The number of carbonyl (C=O) groups excluding carboxylic acids is 2. The van der Waals surface area contributed by atoms with E-state index in [0.29, 0.717) is 0 Å². The molecule has 0 aromatic carbocycles. The first-order valence-electron chi connectivity index (χ1n) is 5.69. The summed E-state index contributed by atoms with van der Waals surface area (Å²) in [7, 11) is 0. The smallest absolute Gasteiger partial charge is 0.352 e. The number of carbonyl (C=O) groups is 2. The molecule has 4 nitrogen and oxygen atoms in total. The predicted molar refractivity (Wildman–Crippen MR) is 65.1 cm³/mol. The van der Waals surface area contributed by atoms with E-state index in [1.54, 1.807) is 0 Å². The highest BCUT2D eigenvalue weighted by molar-refractivity contribution is 5.80. The molecule has 0 spiro atoms. The summed E-state index contributed by atoms with van der Waals surface area (Å²) in [6.07, 6.45) is 0.414. The minimum Gasteiger partial charge on any atom is -0.450 e. The molecule has 0 amide bonds. The third-order valence-corrected chi connectivity index (χ3v) is 2.02. The summed E-state index contributed by atoms with van der Waals surface area (Å²) in [6, 6.07) is 0. The van der Waals surface area contributed by atoms with Crippen molar-refractivity contribution in [1.29, 1.82) is 0 Å². The van der Waals surface area contributed by atoms with Crippen LogP contribution in [0, 0.1) is 11.3 Å². The van der Waals surface area contributed by atoms with E-state index in [2.05, 4.69) is 11.3 Å². The number of rotatable bonds is 5. The lowest BCUT2D eigenvalue weighted by Crippen LogP contribution is -2.39. The summed E-state index contributed by atoms with van der Waals surface area (Å²) in [6.45, 7) is 12.6. The summed E-state index contributed by atoms with van der Waals surface area (Å²) < 4.78 is 9.86. The van der Waals surface area contributed by atoms with Gasteiger partial charge in [0.1, 0.15) is 0 Å². The predicted octanol–water partition coefficient (Wildman–Crippen LogP) is 2.68. The van der Waals surface area contributed by atoms with Gasteiger partial charge in [-0.3, -0.25) is 4.79 Å². The Labute approximate surface area is 103 Å². The molecule has 17 heavy (non-hydrogen) atoms. The third-order valence-electron chi connectivity index (χ3n) is 2.02. The summed E-state index contributed by atoms with van der Waals surface area (Å²) in [4.78, 5) is 23.2. The van der Waals surface area contributed by atoms with Gasteiger partial charge in [-0.2, -0.15) is 0 Å². The van der Waals surface area contributed by atoms with Crippen molar-refractivity contribution in [2.45, 2.75) is 47.1 Å². The van der Waals surface area contributed by atoms with Crippen LogP contribution < -0.4 is 0 Å². The third kappa shape index (κ3) is 6.09. The lowest BCUT2D eigenvalue weighted by molar-refractivity contribution is -0.172. The molecule has 0 radical (unpaired) electrons. The van der Waals surface area contributed by atoms with Crippen LogP contribution >= 0.6 is 0 Å². The van der Waals surface area contributed by atoms with E-state index in [1.165, 1.54) is 0 Å². The fraction of sp³-hybridized carbons (Fsp3) is 0.692. The van der Waals surface area contributed by atoms with Crippen molar-refractivity contribution < 1.29 is 19.1 Å². The molecule has 1 atom stereocenters. The van der Waals surface area contributed by atoms with Gasteiger partial charge >= 0.3 is 11.9 Å². The molecule has 1 unspecified atom stereocenters. The van der Waals surface area contributed by atoms with Crippen molar-refractivity contribution >= 4 is 11.9 Å². The van der Waals surface area contributed by atoms with Gasteiger partial charge in [0.25, 0.3) is 0 Å². The van der Waals surface area contributed by atoms with Crippen LogP contribution in [-0.4, -0.2) is 18.0 Å². The van der Waals surface area contributed by atoms with Crippen LogP contribution in [0.25, 0.3) is 0 Å². The van der Waals surface area contributed by atoms with Gasteiger partial charge < -0.3 is 9.47 Å². The lowest BCUT2D eigenvalue weighted by atomic mass is 9.89. The van der Waals surface area contributed by atoms with E-state index in [4.69, 9.17) is 4.74 Å². The lowest BCUT2D eigenvalue weighted by Gasteiger charge is -2.28. The molecular formula is C13H22O4. The zero-order chi connectivity index (χ0) is 13.6. The maximum atomic E-state index is 11.6. The Kier molecular flexibility index (Phi) is 5.93. The van der Waals surface area contributed by atoms with Crippen LogP contribution in [0.3, 0.4) is 0 Å². The molecule has 0 aliphatic heterocycles. The monoisotopic (exact) mass is 242 g/mol. The summed E-state index contributed by atoms with van der Waals surface area (Å²) in [5.74, 6) is -0.788. The van der Waals surface area contributed by atoms with Gasteiger partial charge in [0, 0.05) is 11.8 Å². The standard InChI is InChI=1S/C13H22O4/c1-7-16-12(15)11(13(4,5)6)17-10(14)8-9(2)3/h7,9,11H,1,8H2,2-6H3. The van der Waals surface area contributed by atoms with Crippen LogP contribution in [0.1, 0.15) is 41.0 Å². The average molecular weight is 242 g/mol. The highest BCUT2D eigenvalue weighted by Gasteiger charge is 2.36. The Bertz CT molecular complexity index is 286. The highest BCUT2D eigenvalue weighted by Crippen LogP contribution is 2.24. The molecule has 0 saturated carbocycles. The quantitative estimate of drug-likeness (QED) is 0.549. The van der Waals surface area contributed by atoms with Crippen LogP contribution in [0.5, 0.6) is 0 Å². The first-order chi connectivity index (χ1) is 7.68. The zero-order valence-electron chi connectivity index (χ0n) is 11.3. The SMILES string of the molecule is C=COC(=O)C(OC(=O)CC(C)C)C(C)(C)C. The Morgan fingerprint density at radius 2 is 1.82 bits per heavy atom. The molecule has 0 heterocycles. The normalized spacial score (nSPS) is 13.1. The van der Waals surface area contributed by atoms with E-state index >= 15 is 0 Å². The molecule has 0 aliphatic carbocycles. The Hall–Kier alpha value is -1.32. The molecule has 0 N–H and O–H groups in total. The first-order valence-corrected chi connectivity index (χ1v) is 5.69. The fourth-order valence-electron chi connectivity index (χ4n) is 1.24. The van der Waals surface area contributed by atoms with E-state index in [9.17, 15) is 9.59 Å². The maximum absolute atomic E-state index is 11.6. The first kappa shape index (κ1) is 15.7. The van der Waals surface area contributed by atoms with Gasteiger partial charge in [-0.25, -0.2) is 4.79 Å². The average Bonchev–Trinajstić information content (AvgIpc) is 2.11. The highest BCUT2D eigenvalue weighted by atomic mass is 16.6. The van der Waals surface area contributed by atoms with Gasteiger partial charge in [-0.1, -0.05) is 41.2 Å². The van der Waals surface area contributed by atoms with Crippen molar-refractivity contribution in [3.05, 3.63) is 12.8 Å². The largest absolute Gasteiger partial charge is 0.450 e. The van der Waals surface area contributed by atoms with Gasteiger partial charge in [0.15, 0.2) is 0 Å².